The highest BCUT2D eigenvalue weighted by Crippen LogP contribution is 2.28. The summed E-state index contributed by atoms with van der Waals surface area (Å²) in [6, 6.07) is 0. The van der Waals surface area contributed by atoms with Crippen LogP contribution in [0.3, 0.4) is 0 Å². The lowest BCUT2D eigenvalue weighted by atomic mass is 10.4. The minimum absolute atomic E-state index is 0.485. The second kappa shape index (κ2) is 5.22. The topological polar surface area (TPSA) is 62.1 Å². The third kappa shape index (κ3) is 2.59. The Hall–Kier alpha value is -1.53. The van der Waals surface area contributed by atoms with Crippen molar-refractivity contribution >= 4 is 17.2 Å². The van der Waals surface area contributed by atoms with Crippen LogP contribution in [-0.2, 0) is 0 Å². The summed E-state index contributed by atoms with van der Waals surface area (Å²) in [7, 11) is 0. The minimum Gasteiger partial charge on any atom is -0.388 e. The lowest BCUT2D eigenvalue weighted by Crippen LogP contribution is -2.19. The van der Waals surface area contributed by atoms with Gasteiger partial charge in [0.1, 0.15) is 16.5 Å². The molecule has 3 heterocycles. The van der Waals surface area contributed by atoms with E-state index in [0.717, 1.165) is 34.5 Å². The molecule has 1 saturated heterocycles. The average Bonchev–Trinajstić information content (AvgIpc) is 3.10. The molecule has 0 aromatic carbocycles. The van der Waals surface area contributed by atoms with Crippen molar-refractivity contribution in [3.8, 4) is 10.7 Å². The van der Waals surface area contributed by atoms with Crippen LogP contribution in [0.5, 0.6) is 0 Å². The summed E-state index contributed by atoms with van der Waals surface area (Å²) in [5, 5.41) is 10.3. The van der Waals surface area contributed by atoms with Gasteiger partial charge >= 0.3 is 0 Å². The SMILES string of the molecule is CC(O)c1cnc(-c2cncc(N3CCCC3)n2)s1. The van der Waals surface area contributed by atoms with Crippen molar-refractivity contribution in [1.29, 1.82) is 0 Å². The zero-order valence-electron chi connectivity index (χ0n) is 10.8. The summed E-state index contributed by atoms with van der Waals surface area (Å²) in [6.45, 7) is 3.84. The van der Waals surface area contributed by atoms with E-state index in [4.69, 9.17) is 0 Å². The van der Waals surface area contributed by atoms with Crippen LogP contribution < -0.4 is 4.90 Å². The minimum atomic E-state index is -0.485. The number of aromatic nitrogens is 3. The molecule has 3 rings (SSSR count). The van der Waals surface area contributed by atoms with Gasteiger partial charge in [-0.15, -0.1) is 11.3 Å². The molecule has 1 fully saturated rings. The zero-order chi connectivity index (χ0) is 13.2. The van der Waals surface area contributed by atoms with Crippen molar-refractivity contribution < 1.29 is 5.11 Å². The summed E-state index contributed by atoms with van der Waals surface area (Å²) in [5.41, 5.74) is 0.779. The summed E-state index contributed by atoms with van der Waals surface area (Å²) in [5.74, 6) is 0.920. The van der Waals surface area contributed by atoms with Crippen LogP contribution in [0.4, 0.5) is 5.82 Å². The first-order valence-corrected chi connectivity index (χ1v) is 7.27. The molecule has 19 heavy (non-hydrogen) atoms. The van der Waals surface area contributed by atoms with E-state index in [-0.39, 0.29) is 0 Å². The number of rotatable bonds is 3. The second-order valence-corrected chi connectivity index (χ2v) is 5.76. The molecule has 2 aromatic rings. The van der Waals surface area contributed by atoms with Crippen molar-refractivity contribution in [2.75, 3.05) is 18.0 Å². The molecule has 0 spiro atoms. The Morgan fingerprint density at radius 1 is 1.26 bits per heavy atom. The molecule has 0 bridgehead atoms. The Bertz CT molecular complexity index is 563. The Labute approximate surface area is 116 Å². The third-order valence-corrected chi connectivity index (χ3v) is 4.40. The van der Waals surface area contributed by atoms with Gasteiger partial charge in [-0.25, -0.2) is 9.97 Å². The predicted octanol–water partition coefficient (Wildman–Crippen LogP) is 2.25. The molecule has 1 N–H and O–H groups in total. The van der Waals surface area contributed by atoms with Crippen molar-refractivity contribution in [2.24, 2.45) is 0 Å². The molecule has 0 aliphatic carbocycles. The van der Waals surface area contributed by atoms with Gasteiger partial charge in [0.2, 0.25) is 0 Å². The van der Waals surface area contributed by atoms with Gasteiger partial charge < -0.3 is 10.0 Å². The number of nitrogens with zero attached hydrogens (tertiary/aromatic N) is 4. The number of thiazole rings is 1. The molecule has 0 radical (unpaired) electrons. The molecule has 2 aromatic heterocycles. The van der Waals surface area contributed by atoms with Crippen molar-refractivity contribution in [1.82, 2.24) is 15.0 Å². The van der Waals surface area contributed by atoms with Crippen LogP contribution in [0, 0.1) is 0 Å². The van der Waals surface area contributed by atoms with E-state index in [2.05, 4.69) is 19.9 Å². The quantitative estimate of drug-likeness (QED) is 0.931. The van der Waals surface area contributed by atoms with E-state index in [1.165, 1.54) is 24.2 Å². The van der Waals surface area contributed by atoms with Crippen molar-refractivity contribution in [2.45, 2.75) is 25.9 Å². The van der Waals surface area contributed by atoms with E-state index in [0.29, 0.717) is 0 Å². The molecule has 5 nitrogen and oxygen atoms in total. The first kappa shape index (κ1) is 12.5. The summed E-state index contributed by atoms with van der Waals surface area (Å²) in [6.07, 6.45) is 7.18. The lowest BCUT2D eigenvalue weighted by Gasteiger charge is -2.15. The Balaban J connectivity index is 1.89. The number of hydrogen-bond acceptors (Lipinski definition) is 6. The highest BCUT2D eigenvalue weighted by atomic mass is 32.1. The summed E-state index contributed by atoms with van der Waals surface area (Å²) >= 11 is 1.46. The van der Waals surface area contributed by atoms with E-state index in [1.807, 2.05) is 0 Å². The van der Waals surface area contributed by atoms with Gasteiger partial charge in [-0.1, -0.05) is 0 Å². The maximum Gasteiger partial charge on any atom is 0.147 e. The van der Waals surface area contributed by atoms with Crippen LogP contribution in [0.25, 0.3) is 10.7 Å². The smallest absolute Gasteiger partial charge is 0.147 e. The normalized spacial score (nSPS) is 16.8. The second-order valence-electron chi connectivity index (χ2n) is 4.70. The summed E-state index contributed by atoms with van der Waals surface area (Å²) in [4.78, 5) is 16.3. The zero-order valence-corrected chi connectivity index (χ0v) is 11.6. The van der Waals surface area contributed by atoms with Crippen LogP contribution in [0.15, 0.2) is 18.6 Å². The first-order valence-electron chi connectivity index (χ1n) is 6.45. The van der Waals surface area contributed by atoms with Gasteiger partial charge in [-0.2, -0.15) is 0 Å². The average molecular weight is 276 g/mol. The number of aliphatic hydroxyl groups is 1. The van der Waals surface area contributed by atoms with Crippen molar-refractivity contribution in [3.05, 3.63) is 23.5 Å². The monoisotopic (exact) mass is 276 g/mol. The van der Waals surface area contributed by atoms with E-state index in [9.17, 15) is 5.11 Å². The fraction of sp³-hybridized carbons (Fsp3) is 0.462. The van der Waals surface area contributed by atoms with Gasteiger partial charge in [-0.3, -0.25) is 4.98 Å². The highest BCUT2D eigenvalue weighted by molar-refractivity contribution is 7.15. The van der Waals surface area contributed by atoms with Gasteiger partial charge in [0.05, 0.1) is 23.4 Å². The molecule has 1 aliphatic heterocycles. The van der Waals surface area contributed by atoms with Crippen LogP contribution >= 0.6 is 11.3 Å². The standard InChI is InChI=1S/C13H16N4OS/c1-9(18)11-7-15-13(19-11)10-6-14-8-12(16-10)17-4-2-3-5-17/h6-9,18H,2-5H2,1H3. The maximum absolute atomic E-state index is 9.54. The maximum atomic E-state index is 9.54. The van der Waals surface area contributed by atoms with Crippen LogP contribution in [0.1, 0.15) is 30.7 Å². The molecule has 0 saturated carbocycles. The largest absolute Gasteiger partial charge is 0.388 e. The van der Waals surface area contributed by atoms with E-state index >= 15 is 0 Å². The number of hydrogen-bond donors (Lipinski definition) is 1. The molecule has 6 heteroatoms. The fourth-order valence-corrected chi connectivity index (χ4v) is 2.96. The fourth-order valence-electron chi connectivity index (χ4n) is 2.16. The molecule has 1 aliphatic rings. The molecule has 1 atom stereocenters. The Morgan fingerprint density at radius 3 is 2.74 bits per heavy atom. The van der Waals surface area contributed by atoms with Gasteiger partial charge in [0.25, 0.3) is 0 Å². The van der Waals surface area contributed by atoms with Crippen LogP contribution in [0.2, 0.25) is 0 Å². The Morgan fingerprint density at radius 2 is 2.05 bits per heavy atom. The van der Waals surface area contributed by atoms with Gasteiger partial charge in [0.15, 0.2) is 0 Å². The molecule has 0 amide bonds. The number of anilines is 1. The predicted molar refractivity (Wildman–Crippen MR) is 75.2 cm³/mol. The number of aliphatic hydroxyl groups excluding tert-OH is 1. The summed E-state index contributed by atoms with van der Waals surface area (Å²) < 4.78 is 0. The van der Waals surface area contributed by atoms with Gasteiger partial charge in [-0.05, 0) is 19.8 Å². The van der Waals surface area contributed by atoms with Crippen LogP contribution in [-0.4, -0.2) is 33.1 Å². The van der Waals surface area contributed by atoms with Crippen molar-refractivity contribution in [3.63, 3.8) is 0 Å². The highest BCUT2D eigenvalue weighted by Gasteiger charge is 2.16. The van der Waals surface area contributed by atoms with Gasteiger partial charge in [0, 0.05) is 19.3 Å². The Kier molecular flexibility index (Phi) is 3.44. The molecule has 1 unspecified atom stereocenters. The first-order chi connectivity index (χ1) is 9.24. The molecular formula is C13H16N4OS. The molecule has 100 valence electrons. The molecular weight excluding hydrogens is 260 g/mol. The lowest BCUT2D eigenvalue weighted by molar-refractivity contribution is 0.203. The van der Waals surface area contributed by atoms with E-state index in [1.54, 1.807) is 25.5 Å². The third-order valence-electron chi connectivity index (χ3n) is 3.21. The van der Waals surface area contributed by atoms with E-state index < -0.39 is 6.10 Å².